The van der Waals surface area contributed by atoms with Gasteiger partial charge >= 0.3 is 0 Å². The summed E-state index contributed by atoms with van der Waals surface area (Å²) in [4.78, 5) is -0.000795. The van der Waals surface area contributed by atoms with Gasteiger partial charge in [-0.2, -0.15) is 0 Å². The molecule has 0 spiro atoms. The molecule has 0 unspecified atom stereocenters. The molecule has 0 saturated carbocycles. The molecule has 2 aromatic carbocycles. The maximum absolute atomic E-state index is 12.2. The van der Waals surface area contributed by atoms with Crippen molar-refractivity contribution in [3.05, 3.63) is 58.1 Å². The van der Waals surface area contributed by atoms with Gasteiger partial charge < -0.3 is 0 Å². The van der Waals surface area contributed by atoms with E-state index in [4.69, 9.17) is 23.2 Å². The number of benzene rings is 2. The fraction of sp³-hybridized carbons (Fsp3) is 0.0769. The molecule has 0 heterocycles. The van der Waals surface area contributed by atoms with Crippen molar-refractivity contribution in [3.63, 3.8) is 0 Å². The van der Waals surface area contributed by atoms with Crippen molar-refractivity contribution in [1.29, 1.82) is 0 Å². The van der Waals surface area contributed by atoms with Crippen LogP contribution >= 0.6 is 23.2 Å². The Morgan fingerprint density at radius 3 is 2.21 bits per heavy atom. The van der Waals surface area contributed by atoms with Gasteiger partial charge in [-0.15, -0.1) is 0 Å². The lowest BCUT2D eigenvalue weighted by Crippen LogP contribution is -2.13. The molecule has 2 aromatic rings. The molecule has 0 fully saturated rings. The Balaban J connectivity index is 2.35. The average molecular weight is 316 g/mol. The second-order valence-electron chi connectivity index (χ2n) is 4.05. The monoisotopic (exact) mass is 315 g/mol. The van der Waals surface area contributed by atoms with E-state index < -0.39 is 10.0 Å². The van der Waals surface area contributed by atoms with Crippen LogP contribution in [0.3, 0.4) is 0 Å². The lowest BCUT2D eigenvalue weighted by atomic mass is 10.2. The summed E-state index contributed by atoms with van der Waals surface area (Å²) in [6.07, 6.45) is 0. The van der Waals surface area contributed by atoms with Gasteiger partial charge in [0.15, 0.2) is 0 Å². The Bertz CT molecular complexity index is 697. The third kappa shape index (κ3) is 3.41. The normalized spacial score (nSPS) is 11.3. The highest BCUT2D eigenvalue weighted by molar-refractivity contribution is 7.92. The predicted molar refractivity (Wildman–Crippen MR) is 78.4 cm³/mol. The van der Waals surface area contributed by atoms with Crippen LogP contribution in [-0.2, 0) is 10.0 Å². The molecule has 0 aliphatic rings. The molecule has 2 rings (SSSR count). The number of sulfonamides is 1. The summed E-state index contributed by atoms with van der Waals surface area (Å²) in [5.74, 6) is 0. The Morgan fingerprint density at radius 1 is 1.00 bits per heavy atom. The highest BCUT2D eigenvalue weighted by Gasteiger charge is 2.18. The maximum atomic E-state index is 12.2. The standard InChI is InChI=1S/C13H11Cl2NO2S/c1-9-2-5-11(6-3-9)16-19(17,18)13-7-4-10(14)8-12(13)15/h2-8,16H,1H3. The average Bonchev–Trinajstić information content (AvgIpc) is 2.31. The van der Waals surface area contributed by atoms with Gasteiger partial charge in [0.1, 0.15) is 4.90 Å². The van der Waals surface area contributed by atoms with Crippen LogP contribution in [0.25, 0.3) is 0 Å². The van der Waals surface area contributed by atoms with Crippen molar-refractivity contribution in [2.75, 3.05) is 4.72 Å². The lowest BCUT2D eigenvalue weighted by Gasteiger charge is -2.09. The van der Waals surface area contributed by atoms with Gasteiger partial charge in [-0.1, -0.05) is 40.9 Å². The fourth-order valence-corrected chi connectivity index (χ4v) is 3.36. The molecule has 0 amide bonds. The molecule has 3 nitrogen and oxygen atoms in total. The summed E-state index contributed by atoms with van der Waals surface area (Å²) in [5.41, 5.74) is 1.53. The molecule has 0 aromatic heterocycles. The van der Waals surface area contributed by atoms with Crippen LogP contribution in [0.2, 0.25) is 10.0 Å². The number of rotatable bonds is 3. The molecule has 6 heteroatoms. The van der Waals surface area contributed by atoms with E-state index in [1.54, 1.807) is 12.1 Å². The lowest BCUT2D eigenvalue weighted by molar-refractivity contribution is 0.601. The third-order valence-corrected chi connectivity index (χ3v) is 4.59. The number of nitrogens with one attached hydrogen (secondary N) is 1. The Morgan fingerprint density at radius 2 is 1.63 bits per heavy atom. The fourth-order valence-electron chi connectivity index (χ4n) is 1.52. The summed E-state index contributed by atoms with van der Waals surface area (Å²) in [6.45, 7) is 1.92. The van der Waals surface area contributed by atoms with Crippen molar-refractivity contribution >= 4 is 38.9 Å². The molecule has 1 N–H and O–H groups in total. The van der Waals surface area contributed by atoms with Crippen molar-refractivity contribution in [2.24, 2.45) is 0 Å². The van der Waals surface area contributed by atoms with E-state index in [1.807, 2.05) is 19.1 Å². The SMILES string of the molecule is Cc1ccc(NS(=O)(=O)c2ccc(Cl)cc2Cl)cc1. The van der Waals surface area contributed by atoms with Crippen LogP contribution in [0.4, 0.5) is 5.69 Å². The van der Waals surface area contributed by atoms with Gasteiger partial charge in [0.25, 0.3) is 10.0 Å². The largest absolute Gasteiger partial charge is 0.280 e. The predicted octanol–water partition coefficient (Wildman–Crippen LogP) is 4.10. The topological polar surface area (TPSA) is 46.2 Å². The van der Waals surface area contributed by atoms with Gasteiger partial charge in [0.2, 0.25) is 0 Å². The Labute approximate surface area is 122 Å². The van der Waals surface area contributed by atoms with E-state index in [0.717, 1.165) is 5.56 Å². The van der Waals surface area contributed by atoms with E-state index in [-0.39, 0.29) is 9.92 Å². The van der Waals surface area contributed by atoms with Gasteiger partial charge in [-0.05, 0) is 37.3 Å². The highest BCUT2D eigenvalue weighted by Crippen LogP contribution is 2.26. The molecule has 0 atom stereocenters. The maximum Gasteiger partial charge on any atom is 0.263 e. The van der Waals surface area contributed by atoms with E-state index in [0.29, 0.717) is 10.7 Å². The van der Waals surface area contributed by atoms with Crippen LogP contribution in [0, 0.1) is 6.92 Å². The minimum absolute atomic E-state index is 0.000795. The van der Waals surface area contributed by atoms with Crippen LogP contribution in [0.15, 0.2) is 47.4 Å². The minimum atomic E-state index is -3.71. The molecule has 0 aliphatic heterocycles. The Hall–Kier alpha value is -1.23. The number of aryl methyl sites for hydroxylation is 1. The van der Waals surface area contributed by atoms with Crippen molar-refractivity contribution < 1.29 is 8.42 Å². The molecule has 0 aliphatic carbocycles. The molecule has 19 heavy (non-hydrogen) atoms. The quantitative estimate of drug-likeness (QED) is 0.926. The molecular formula is C13H11Cl2NO2S. The van der Waals surface area contributed by atoms with Gasteiger partial charge in [0.05, 0.1) is 5.02 Å². The van der Waals surface area contributed by atoms with Gasteiger partial charge in [-0.3, -0.25) is 4.72 Å². The zero-order chi connectivity index (χ0) is 14.0. The van der Waals surface area contributed by atoms with Crippen LogP contribution < -0.4 is 4.72 Å². The third-order valence-electron chi connectivity index (χ3n) is 2.49. The zero-order valence-corrected chi connectivity index (χ0v) is 12.4. The number of anilines is 1. The first-order valence-electron chi connectivity index (χ1n) is 5.43. The number of hydrogen-bond donors (Lipinski definition) is 1. The number of hydrogen-bond acceptors (Lipinski definition) is 2. The van der Waals surface area contributed by atoms with Crippen LogP contribution in [0.1, 0.15) is 5.56 Å². The Kier molecular flexibility index (Phi) is 4.04. The minimum Gasteiger partial charge on any atom is -0.280 e. The zero-order valence-electron chi connectivity index (χ0n) is 10.0. The second kappa shape index (κ2) is 5.41. The van der Waals surface area contributed by atoms with E-state index in [1.165, 1.54) is 18.2 Å². The summed E-state index contributed by atoms with van der Waals surface area (Å²) in [7, 11) is -3.71. The first-order chi connectivity index (χ1) is 8.88. The summed E-state index contributed by atoms with van der Waals surface area (Å²) >= 11 is 11.6. The highest BCUT2D eigenvalue weighted by atomic mass is 35.5. The van der Waals surface area contributed by atoms with Crippen molar-refractivity contribution in [1.82, 2.24) is 0 Å². The summed E-state index contributed by atoms with van der Waals surface area (Å²) < 4.78 is 26.8. The van der Waals surface area contributed by atoms with E-state index in [9.17, 15) is 8.42 Å². The summed E-state index contributed by atoms with van der Waals surface area (Å²) in [5, 5.41) is 0.478. The first-order valence-corrected chi connectivity index (χ1v) is 7.67. The number of halogens is 2. The van der Waals surface area contributed by atoms with Gasteiger partial charge in [-0.25, -0.2) is 8.42 Å². The van der Waals surface area contributed by atoms with Gasteiger partial charge in [0, 0.05) is 10.7 Å². The second-order valence-corrected chi connectivity index (χ2v) is 6.54. The smallest absolute Gasteiger partial charge is 0.263 e. The van der Waals surface area contributed by atoms with Crippen molar-refractivity contribution in [3.8, 4) is 0 Å². The van der Waals surface area contributed by atoms with Crippen LogP contribution in [-0.4, -0.2) is 8.42 Å². The molecule has 0 saturated heterocycles. The molecule has 100 valence electrons. The van der Waals surface area contributed by atoms with E-state index in [2.05, 4.69) is 4.72 Å². The first kappa shape index (κ1) is 14.2. The van der Waals surface area contributed by atoms with E-state index >= 15 is 0 Å². The summed E-state index contributed by atoms with van der Waals surface area (Å²) in [6, 6.07) is 11.3. The van der Waals surface area contributed by atoms with Crippen LogP contribution in [0.5, 0.6) is 0 Å². The van der Waals surface area contributed by atoms with Crippen molar-refractivity contribution in [2.45, 2.75) is 11.8 Å². The molecular weight excluding hydrogens is 305 g/mol. The molecule has 0 radical (unpaired) electrons. The molecule has 0 bridgehead atoms.